The van der Waals surface area contributed by atoms with E-state index in [1.165, 1.54) is 0 Å². The Morgan fingerprint density at radius 3 is 2.55 bits per heavy atom. The molecule has 2 aromatic carbocycles. The minimum Gasteiger partial charge on any atom is -0.497 e. The Labute approximate surface area is 191 Å². The topological polar surface area (TPSA) is 67.3 Å². The molecule has 4 rings (SSSR count). The van der Waals surface area contributed by atoms with Gasteiger partial charge in [-0.3, -0.25) is 4.79 Å². The summed E-state index contributed by atoms with van der Waals surface area (Å²) in [6, 6.07) is 15.0. The van der Waals surface area contributed by atoms with Crippen molar-refractivity contribution in [1.29, 1.82) is 0 Å². The molecule has 1 fully saturated rings. The normalized spacial score (nSPS) is 14.4. The summed E-state index contributed by atoms with van der Waals surface area (Å²) in [5.41, 5.74) is 2.39. The maximum Gasteiger partial charge on any atom is 0.227 e. The predicted octanol–water partition coefficient (Wildman–Crippen LogP) is 5.31. The third-order valence-electron chi connectivity index (χ3n) is 5.44. The summed E-state index contributed by atoms with van der Waals surface area (Å²) in [7, 11) is 1.64. The molecule has 0 saturated carbocycles. The van der Waals surface area contributed by atoms with Gasteiger partial charge in [0.25, 0.3) is 0 Å². The lowest BCUT2D eigenvalue weighted by Gasteiger charge is -2.32. The number of hydrogen-bond donors (Lipinski definition) is 1. The van der Waals surface area contributed by atoms with Crippen molar-refractivity contribution in [1.82, 2.24) is 9.97 Å². The van der Waals surface area contributed by atoms with Gasteiger partial charge in [-0.2, -0.15) is 0 Å². The first kappa shape index (κ1) is 21.4. The molecule has 2 heterocycles. The summed E-state index contributed by atoms with van der Waals surface area (Å²) < 4.78 is 5.22. The molecule has 0 atom stereocenters. The molecule has 1 aliphatic heterocycles. The quantitative estimate of drug-likeness (QED) is 0.562. The number of halogens is 2. The molecule has 8 heteroatoms. The average Bonchev–Trinajstić information content (AvgIpc) is 2.82. The first-order chi connectivity index (χ1) is 15.0. The summed E-state index contributed by atoms with van der Waals surface area (Å²) >= 11 is 12.2. The highest BCUT2D eigenvalue weighted by Crippen LogP contribution is 2.31. The van der Waals surface area contributed by atoms with Crippen molar-refractivity contribution in [2.75, 3.05) is 30.4 Å². The van der Waals surface area contributed by atoms with Crippen LogP contribution in [0.3, 0.4) is 0 Å². The molecule has 0 spiro atoms. The number of ether oxygens (including phenoxy) is 1. The standard InChI is InChI=1S/C23H22Cl2N4O2/c1-31-17-7-5-15(6-8-17)20-13-21(27-14-26-20)29-11-9-16(10-12-29)23(30)28-19-4-2-3-18(24)22(19)25/h2-8,13-14,16H,9-12H2,1H3,(H,28,30). The minimum atomic E-state index is -0.0887. The van der Waals surface area contributed by atoms with Crippen LogP contribution in [0.1, 0.15) is 12.8 Å². The third kappa shape index (κ3) is 4.92. The Bertz CT molecular complexity index is 1070. The third-order valence-corrected chi connectivity index (χ3v) is 6.26. The molecule has 160 valence electrons. The van der Waals surface area contributed by atoms with E-state index in [1.807, 2.05) is 30.3 Å². The molecule has 0 aliphatic carbocycles. The van der Waals surface area contributed by atoms with E-state index in [0.29, 0.717) is 15.7 Å². The highest BCUT2D eigenvalue weighted by molar-refractivity contribution is 6.44. The van der Waals surface area contributed by atoms with Crippen molar-refractivity contribution in [2.45, 2.75) is 12.8 Å². The number of carbonyl (C=O) groups is 1. The lowest BCUT2D eigenvalue weighted by atomic mass is 9.95. The van der Waals surface area contributed by atoms with Crippen LogP contribution in [-0.4, -0.2) is 36.1 Å². The second-order valence-electron chi connectivity index (χ2n) is 7.34. The maximum atomic E-state index is 12.7. The van der Waals surface area contributed by atoms with Crippen molar-refractivity contribution < 1.29 is 9.53 Å². The van der Waals surface area contributed by atoms with Gasteiger partial charge in [0.15, 0.2) is 0 Å². The Balaban J connectivity index is 1.39. The molecule has 1 saturated heterocycles. The Hall–Kier alpha value is -2.83. The van der Waals surface area contributed by atoms with Gasteiger partial charge >= 0.3 is 0 Å². The van der Waals surface area contributed by atoms with Crippen molar-refractivity contribution in [3.8, 4) is 17.0 Å². The molecular formula is C23H22Cl2N4O2. The number of nitrogens with one attached hydrogen (secondary N) is 1. The molecule has 1 aliphatic rings. The van der Waals surface area contributed by atoms with Crippen LogP contribution >= 0.6 is 23.2 Å². The monoisotopic (exact) mass is 456 g/mol. The molecule has 0 bridgehead atoms. The van der Waals surface area contributed by atoms with E-state index in [9.17, 15) is 4.79 Å². The molecule has 0 unspecified atom stereocenters. The van der Waals surface area contributed by atoms with Crippen LogP contribution in [0.25, 0.3) is 11.3 Å². The fourth-order valence-corrected chi connectivity index (χ4v) is 3.99. The Morgan fingerprint density at radius 1 is 1.10 bits per heavy atom. The van der Waals surface area contributed by atoms with E-state index < -0.39 is 0 Å². The van der Waals surface area contributed by atoms with Gasteiger partial charge in [-0.25, -0.2) is 9.97 Å². The lowest BCUT2D eigenvalue weighted by Crippen LogP contribution is -2.38. The molecule has 1 aromatic heterocycles. The molecule has 0 radical (unpaired) electrons. The maximum absolute atomic E-state index is 12.7. The fraction of sp³-hybridized carbons (Fsp3) is 0.261. The van der Waals surface area contributed by atoms with Crippen LogP contribution in [0.2, 0.25) is 10.0 Å². The van der Waals surface area contributed by atoms with E-state index >= 15 is 0 Å². The summed E-state index contributed by atoms with van der Waals surface area (Å²) in [6.07, 6.45) is 3.03. The largest absolute Gasteiger partial charge is 0.497 e. The van der Waals surface area contributed by atoms with Gasteiger partial charge in [0.05, 0.1) is 28.5 Å². The van der Waals surface area contributed by atoms with Crippen molar-refractivity contribution >= 4 is 40.6 Å². The number of aromatic nitrogens is 2. The Kier molecular flexibility index (Phi) is 6.59. The van der Waals surface area contributed by atoms with E-state index in [0.717, 1.165) is 48.8 Å². The van der Waals surface area contributed by atoms with Gasteiger partial charge in [-0.05, 0) is 49.2 Å². The second kappa shape index (κ2) is 9.54. The zero-order valence-corrected chi connectivity index (χ0v) is 18.5. The van der Waals surface area contributed by atoms with Crippen LogP contribution in [0.5, 0.6) is 5.75 Å². The number of methoxy groups -OCH3 is 1. The van der Waals surface area contributed by atoms with Crippen LogP contribution in [0.15, 0.2) is 54.9 Å². The van der Waals surface area contributed by atoms with Gasteiger partial charge in [0, 0.05) is 30.6 Å². The predicted molar refractivity (Wildman–Crippen MR) is 124 cm³/mol. The van der Waals surface area contributed by atoms with Crippen LogP contribution in [0, 0.1) is 5.92 Å². The summed E-state index contributed by atoms with van der Waals surface area (Å²) in [6.45, 7) is 1.47. The molecule has 6 nitrogen and oxygen atoms in total. The summed E-state index contributed by atoms with van der Waals surface area (Å²) in [5, 5.41) is 3.69. The van der Waals surface area contributed by atoms with Gasteiger partial charge in [0.2, 0.25) is 5.91 Å². The van der Waals surface area contributed by atoms with E-state index in [4.69, 9.17) is 27.9 Å². The molecule has 1 N–H and O–H groups in total. The number of rotatable bonds is 5. The van der Waals surface area contributed by atoms with Gasteiger partial charge in [-0.1, -0.05) is 29.3 Å². The minimum absolute atomic E-state index is 0.0366. The number of hydrogen-bond acceptors (Lipinski definition) is 5. The van der Waals surface area contributed by atoms with Gasteiger partial charge in [0.1, 0.15) is 17.9 Å². The average molecular weight is 457 g/mol. The zero-order valence-electron chi connectivity index (χ0n) is 17.0. The number of piperidine rings is 1. The first-order valence-electron chi connectivity index (χ1n) is 10.0. The SMILES string of the molecule is COc1ccc(-c2cc(N3CCC(C(=O)Nc4cccc(Cl)c4Cl)CC3)ncn2)cc1. The molecule has 3 aromatic rings. The van der Waals surface area contributed by atoms with Gasteiger partial charge < -0.3 is 15.0 Å². The second-order valence-corrected chi connectivity index (χ2v) is 8.13. The number of benzene rings is 2. The highest BCUT2D eigenvalue weighted by Gasteiger charge is 2.26. The van der Waals surface area contributed by atoms with Gasteiger partial charge in [-0.15, -0.1) is 0 Å². The molecular weight excluding hydrogens is 435 g/mol. The fourth-order valence-electron chi connectivity index (χ4n) is 3.65. The van der Waals surface area contributed by atoms with Crippen molar-refractivity contribution in [3.05, 3.63) is 64.9 Å². The first-order valence-corrected chi connectivity index (χ1v) is 10.8. The number of nitrogens with zero attached hydrogens (tertiary/aromatic N) is 3. The van der Waals surface area contributed by atoms with Crippen molar-refractivity contribution in [3.63, 3.8) is 0 Å². The van der Waals surface area contributed by atoms with Crippen LogP contribution < -0.4 is 15.0 Å². The number of anilines is 2. The van der Waals surface area contributed by atoms with Crippen molar-refractivity contribution in [2.24, 2.45) is 5.92 Å². The smallest absolute Gasteiger partial charge is 0.227 e. The number of amides is 1. The van der Waals surface area contributed by atoms with E-state index in [2.05, 4.69) is 20.2 Å². The van der Waals surface area contributed by atoms with E-state index in [-0.39, 0.29) is 11.8 Å². The van der Waals surface area contributed by atoms with E-state index in [1.54, 1.807) is 31.6 Å². The van der Waals surface area contributed by atoms with Crippen LogP contribution in [-0.2, 0) is 4.79 Å². The van der Waals surface area contributed by atoms with Crippen LogP contribution in [0.4, 0.5) is 11.5 Å². The number of carbonyl (C=O) groups excluding carboxylic acids is 1. The molecule has 31 heavy (non-hydrogen) atoms. The summed E-state index contributed by atoms with van der Waals surface area (Å²) in [5.74, 6) is 1.54. The highest BCUT2D eigenvalue weighted by atomic mass is 35.5. The Morgan fingerprint density at radius 2 is 1.84 bits per heavy atom. The summed E-state index contributed by atoms with van der Waals surface area (Å²) in [4.78, 5) is 23.7. The molecule has 1 amide bonds. The zero-order chi connectivity index (χ0) is 21.8. The lowest BCUT2D eigenvalue weighted by molar-refractivity contribution is -0.120.